The second-order valence-corrected chi connectivity index (χ2v) is 3.78. The summed E-state index contributed by atoms with van der Waals surface area (Å²) < 4.78 is 0. The quantitative estimate of drug-likeness (QED) is 0.735. The van der Waals surface area contributed by atoms with E-state index in [4.69, 9.17) is 6.42 Å². The van der Waals surface area contributed by atoms with Crippen LogP contribution in [-0.4, -0.2) is 12.5 Å². The van der Waals surface area contributed by atoms with Crippen LogP contribution in [0.15, 0.2) is 30.3 Å². The van der Waals surface area contributed by atoms with Gasteiger partial charge in [0.2, 0.25) is 5.91 Å². The van der Waals surface area contributed by atoms with E-state index < -0.39 is 0 Å². The van der Waals surface area contributed by atoms with Gasteiger partial charge in [-0.1, -0.05) is 36.3 Å². The molecule has 76 valence electrons. The van der Waals surface area contributed by atoms with Crippen LogP contribution in [0.3, 0.4) is 0 Å². The van der Waals surface area contributed by atoms with E-state index >= 15 is 0 Å². The Balaban J connectivity index is 1.91. The highest BCUT2D eigenvalue weighted by molar-refractivity contribution is 5.83. The maximum absolute atomic E-state index is 11.5. The van der Waals surface area contributed by atoms with Crippen LogP contribution in [0.1, 0.15) is 17.9 Å². The second-order valence-electron chi connectivity index (χ2n) is 3.78. The fraction of sp³-hybridized carbons (Fsp3) is 0.308. The van der Waals surface area contributed by atoms with Crippen LogP contribution in [0.2, 0.25) is 0 Å². The molecule has 1 fully saturated rings. The van der Waals surface area contributed by atoms with Crippen molar-refractivity contribution in [2.24, 2.45) is 5.92 Å². The summed E-state index contributed by atoms with van der Waals surface area (Å²) >= 11 is 0. The van der Waals surface area contributed by atoms with Crippen molar-refractivity contribution in [3.63, 3.8) is 0 Å². The summed E-state index contributed by atoms with van der Waals surface area (Å²) in [5, 5.41) is 2.72. The monoisotopic (exact) mass is 199 g/mol. The van der Waals surface area contributed by atoms with Crippen molar-refractivity contribution in [1.82, 2.24) is 5.32 Å². The number of hydrogen-bond acceptors (Lipinski definition) is 1. The smallest absolute Gasteiger partial charge is 0.224 e. The average molecular weight is 199 g/mol. The number of terminal acetylenes is 1. The van der Waals surface area contributed by atoms with Gasteiger partial charge in [-0.3, -0.25) is 4.79 Å². The summed E-state index contributed by atoms with van der Waals surface area (Å²) in [6.07, 6.45) is 6.02. The Bertz CT molecular complexity index is 391. The van der Waals surface area contributed by atoms with E-state index in [9.17, 15) is 4.79 Å². The maximum atomic E-state index is 11.5. The molecule has 0 heterocycles. The third-order valence-electron chi connectivity index (χ3n) is 2.72. The summed E-state index contributed by atoms with van der Waals surface area (Å²) in [6, 6.07) is 10.1. The Morgan fingerprint density at radius 2 is 2.20 bits per heavy atom. The Labute approximate surface area is 89.7 Å². The van der Waals surface area contributed by atoms with Gasteiger partial charge in [0.1, 0.15) is 0 Å². The minimum Gasteiger partial charge on any atom is -0.345 e. The van der Waals surface area contributed by atoms with E-state index in [1.54, 1.807) is 0 Å². The Kier molecular flexibility index (Phi) is 2.73. The highest BCUT2D eigenvalue weighted by Gasteiger charge is 2.43. The summed E-state index contributed by atoms with van der Waals surface area (Å²) in [5.41, 5.74) is 1.25. The minimum absolute atomic E-state index is 0.0850. The zero-order chi connectivity index (χ0) is 10.7. The topological polar surface area (TPSA) is 29.1 Å². The highest BCUT2D eigenvalue weighted by Crippen LogP contribution is 2.47. The van der Waals surface area contributed by atoms with Gasteiger partial charge in [-0.05, 0) is 17.9 Å². The van der Waals surface area contributed by atoms with Crippen molar-refractivity contribution in [1.29, 1.82) is 0 Å². The van der Waals surface area contributed by atoms with Gasteiger partial charge < -0.3 is 5.32 Å². The molecule has 1 N–H and O–H groups in total. The van der Waals surface area contributed by atoms with Crippen molar-refractivity contribution < 1.29 is 4.79 Å². The highest BCUT2D eigenvalue weighted by atomic mass is 16.2. The standard InChI is InChI=1S/C13H13NO/c1-2-8-14-13(15)12-9-11(12)10-6-4-3-5-7-10/h1,3-7,11-12H,8-9H2,(H,14,15)/t11-,12-/m1/s1. The Hall–Kier alpha value is -1.75. The number of nitrogens with one attached hydrogen (secondary N) is 1. The molecule has 2 atom stereocenters. The van der Waals surface area contributed by atoms with Crippen molar-refractivity contribution in [2.45, 2.75) is 12.3 Å². The zero-order valence-electron chi connectivity index (χ0n) is 8.44. The van der Waals surface area contributed by atoms with E-state index in [1.165, 1.54) is 5.56 Å². The van der Waals surface area contributed by atoms with Gasteiger partial charge in [0.15, 0.2) is 0 Å². The lowest BCUT2D eigenvalue weighted by Crippen LogP contribution is -2.25. The molecule has 1 aromatic carbocycles. The van der Waals surface area contributed by atoms with Crippen LogP contribution in [0.25, 0.3) is 0 Å². The van der Waals surface area contributed by atoms with Crippen molar-refractivity contribution in [2.75, 3.05) is 6.54 Å². The normalized spacial score (nSPS) is 22.9. The van der Waals surface area contributed by atoms with Crippen LogP contribution in [-0.2, 0) is 4.79 Å². The average Bonchev–Trinajstić information content (AvgIpc) is 3.07. The van der Waals surface area contributed by atoms with E-state index in [1.807, 2.05) is 18.2 Å². The summed E-state index contributed by atoms with van der Waals surface area (Å²) in [4.78, 5) is 11.5. The molecule has 1 aliphatic carbocycles. The minimum atomic E-state index is 0.0850. The number of amides is 1. The van der Waals surface area contributed by atoms with E-state index in [0.29, 0.717) is 12.5 Å². The number of hydrogen-bond donors (Lipinski definition) is 1. The van der Waals surface area contributed by atoms with Gasteiger partial charge in [-0.2, -0.15) is 0 Å². The fourth-order valence-electron chi connectivity index (χ4n) is 1.82. The number of rotatable bonds is 3. The first-order valence-electron chi connectivity index (χ1n) is 5.09. The van der Waals surface area contributed by atoms with Gasteiger partial charge in [0.25, 0.3) is 0 Å². The molecule has 2 nitrogen and oxygen atoms in total. The fourth-order valence-corrected chi connectivity index (χ4v) is 1.82. The first-order valence-corrected chi connectivity index (χ1v) is 5.09. The van der Waals surface area contributed by atoms with Crippen LogP contribution >= 0.6 is 0 Å². The molecule has 15 heavy (non-hydrogen) atoms. The SMILES string of the molecule is C#CCNC(=O)[C@@H]1C[C@@H]1c1ccccc1. The molecule has 0 radical (unpaired) electrons. The molecule has 1 aromatic rings. The Morgan fingerprint density at radius 1 is 1.47 bits per heavy atom. The van der Waals surface area contributed by atoms with Gasteiger partial charge in [0.05, 0.1) is 6.54 Å². The van der Waals surface area contributed by atoms with Gasteiger partial charge >= 0.3 is 0 Å². The van der Waals surface area contributed by atoms with Crippen molar-refractivity contribution in [3.8, 4) is 12.3 Å². The second kappa shape index (κ2) is 4.18. The molecule has 1 saturated carbocycles. The number of carbonyl (C=O) groups excluding carboxylic acids is 1. The van der Waals surface area contributed by atoms with Crippen molar-refractivity contribution >= 4 is 5.91 Å². The van der Waals surface area contributed by atoms with Gasteiger partial charge in [-0.25, -0.2) is 0 Å². The molecule has 2 rings (SSSR count). The molecule has 0 unspecified atom stereocenters. The molecule has 0 aliphatic heterocycles. The van der Waals surface area contributed by atoms with Gasteiger partial charge in [-0.15, -0.1) is 6.42 Å². The van der Waals surface area contributed by atoms with E-state index in [-0.39, 0.29) is 11.8 Å². The van der Waals surface area contributed by atoms with Crippen LogP contribution in [0.4, 0.5) is 0 Å². The molecule has 0 saturated heterocycles. The molecule has 0 aromatic heterocycles. The van der Waals surface area contributed by atoms with Crippen LogP contribution in [0.5, 0.6) is 0 Å². The summed E-state index contributed by atoms with van der Waals surface area (Å²) in [5.74, 6) is 3.01. The number of benzene rings is 1. The molecule has 1 amide bonds. The number of carbonyl (C=O) groups is 1. The van der Waals surface area contributed by atoms with Crippen LogP contribution in [0, 0.1) is 18.3 Å². The predicted octanol–water partition coefficient (Wildman–Crippen LogP) is 1.54. The molecule has 0 spiro atoms. The lowest BCUT2D eigenvalue weighted by molar-refractivity contribution is -0.122. The molecule has 0 bridgehead atoms. The molecular weight excluding hydrogens is 186 g/mol. The molecule has 2 heteroatoms. The van der Waals surface area contributed by atoms with E-state index in [0.717, 1.165) is 6.42 Å². The predicted molar refractivity (Wildman–Crippen MR) is 59.1 cm³/mol. The van der Waals surface area contributed by atoms with Gasteiger partial charge in [0, 0.05) is 5.92 Å². The third kappa shape index (κ3) is 2.19. The zero-order valence-corrected chi connectivity index (χ0v) is 8.44. The molecular formula is C13H13NO. The lowest BCUT2D eigenvalue weighted by atomic mass is 10.1. The lowest BCUT2D eigenvalue weighted by Gasteiger charge is -2.00. The summed E-state index contributed by atoms with van der Waals surface area (Å²) in [6.45, 7) is 0.330. The first kappa shape index (κ1) is 9.79. The third-order valence-corrected chi connectivity index (χ3v) is 2.72. The van der Waals surface area contributed by atoms with Crippen LogP contribution < -0.4 is 5.32 Å². The van der Waals surface area contributed by atoms with Crippen molar-refractivity contribution in [3.05, 3.63) is 35.9 Å². The molecule has 1 aliphatic rings. The maximum Gasteiger partial charge on any atom is 0.224 e. The first-order chi connectivity index (χ1) is 7.33. The Morgan fingerprint density at radius 3 is 2.87 bits per heavy atom. The summed E-state index contributed by atoms with van der Waals surface area (Å²) in [7, 11) is 0. The van der Waals surface area contributed by atoms with E-state index in [2.05, 4.69) is 23.4 Å². The largest absolute Gasteiger partial charge is 0.345 e.